The highest BCUT2D eigenvalue weighted by Crippen LogP contribution is 2.39. The van der Waals surface area contributed by atoms with Crippen LogP contribution in [-0.4, -0.2) is 17.7 Å². The molecular weight excluding hydrogens is 163 g/mol. The Balaban J connectivity index is 3.70. The van der Waals surface area contributed by atoms with Crippen molar-refractivity contribution < 1.29 is 14.0 Å². The highest BCUT2D eigenvalue weighted by atomic mass is 31.2. The van der Waals surface area contributed by atoms with Gasteiger partial charge in [0.15, 0.2) is 0 Å². The fraction of sp³-hybridized carbons (Fsp3) is 1.00. The summed E-state index contributed by atoms with van der Waals surface area (Å²) >= 11 is 0. The number of hydrogen-bond acceptors (Lipinski definition) is 2. The molecule has 0 saturated heterocycles. The second-order valence-electron chi connectivity index (χ2n) is 3.35. The Labute approximate surface area is 68.3 Å². The van der Waals surface area contributed by atoms with Crippen molar-refractivity contribution >= 4 is 7.60 Å². The van der Waals surface area contributed by atoms with Gasteiger partial charge in [0.1, 0.15) is 0 Å². The topological polar surface area (TPSA) is 46.5 Å². The molecule has 0 heterocycles. The molecule has 0 aliphatic heterocycles. The van der Waals surface area contributed by atoms with Gasteiger partial charge in [-0.15, -0.1) is 0 Å². The van der Waals surface area contributed by atoms with E-state index in [2.05, 4.69) is 13.8 Å². The zero-order chi connectivity index (χ0) is 9.07. The van der Waals surface area contributed by atoms with Crippen LogP contribution in [0.1, 0.15) is 27.2 Å². The predicted molar refractivity (Wildman–Crippen MR) is 45.8 cm³/mol. The first-order valence-corrected chi connectivity index (χ1v) is 5.82. The average Bonchev–Trinajstić information content (AvgIpc) is 1.53. The molecule has 0 aromatic carbocycles. The Bertz CT molecular complexity index is 150. The van der Waals surface area contributed by atoms with Crippen molar-refractivity contribution in [3.8, 4) is 0 Å². The van der Waals surface area contributed by atoms with E-state index in [1.807, 2.05) is 6.92 Å². The van der Waals surface area contributed by atoms with Crippen LogP contribution < -0.4 is 0 Å². The van der Waals surface area contributed by atoms with Gasteiger partial charge in [-0.05, 0) is 19.3 Å². The van der Waals surface area contributed by atoms with Crippen LogP contribution >= 0.6 is 7.60 Å². The molecule has 0 aliphatic carbocycles. The zero-order valence-electron chi connectivity index (χ0n) is 7.57. The minimum Gasteiger partial charge on any atom is -0.324 e. The first kappa shape index (κ1) is 11.2. The Morgan fingerprint density at radius 3 is 2.18 bits per heavy atom. The minimum absolute atomic E-state index is 0.129. The summed E-state index contributed by atoms with van der Waals surface area (Å²) in [7, 11) is -3.28. The van der Waals surface area contributed by atoms with E-state index >= 15 is 0 Å². The molecule has 0 aliphatic rings. The van der Waals surface area contributed by atoms with Crippen molar-refractivity contribution in [1.82, 2.24) is 0 Å². The van der Waals surface area contributed by atoms with Crippen LogP contribution in [0.3, 0.4) is 0 Å². The second kappa shape index (κ2) is 4.24. The van der Waals surface area contributed by atoms with E-state index in [4.69, 9.17) is 9.42 Å². The van der Waals surface area contributed by atoms with Crippen molar-refractivity contribution in [1.29, 1.82) is 0 Å². The lowest BCUT2D eigenvalue weighted by molar-refractivity contribution is 0.170. The standard InChI is InChI=1S/C7H17O3P/c1-6(2)5-7(3)10-11(4,8)9/h6-7H,5H2,1-4H3,(H,8,9). The van der Waals surface area contributed by atoms with Gasteiger partial charge in [-0.25, -0.2) is 0 Å². The Kier molecular flexibility index (Phi) is 4.30. The molecule has 0 radical (unpaired) electrons. The van der Waals surface area contributed by atoms with Crippen LogP contribution in [0.2, 0.25) is 0 Å². The maximum Gasteiger partial charge on any atom is 0.325 e. The average molecular weight is 180 g/mol. The lowest BCUT2D eigenvalue weighted by atomic mass is 10.1. The van der Waals surface area contributed by atoms with Gasteiger partial charge >= 0.3 is 7.60 Å². The van der Waals surface area contributed by atoms with Crippen LogP contribution in [0.5, 0.6) is 0 Å². The molecule has 4 heteroatoms. The fourth-order valence-electron chi connectivity index (χ4n) is 1.04. The van der Waals surface area contributed by atoms with E-state index < -0.39 is 7.60 Å². The van der Waals surface area contributed by atoms with E-state index in [9.17, 15) is 4.57 Å². The monoisotopic (exact) mass is 180 g/mol. The summed E-state index contributed by atoms with van der Waals surface area (Å²) in [4.78, 5) is 8.83. The SMILES string of the molecule is CC(C)CC(C)OP(C)(=O)O. The lowest BCUT2D eigenvalue weighted by Crippen LogP contribution is -2.09. The van der Waals surface area contributed by atoms with Crippen molar-refractivity contribution in [2.75, 3.05) is 6.66 Å². The maximum atomic E-state index is 10.7. The summed E-state index contributed by atoms with van der Waals surface area (Å²) in [5.74, 6) is 0.497. The number of hydrogen-bond donors (Lipinski definition) is 1. The van der Waals surface area contributed by atoms with Crippen molar-refractivity contribution in [2.24, 2.45) is 5.92 Å². The molecule has 11 heavy (non-hydrogen) atoms. The van der Waals surface area contributed by atoms with Gasteiger partial charge < -0.3 is 9.42 Å². The van der Waals surface area contributed by atoms with Gasteiger partial charge in [-0.1, -0.05) is 13.8 Å². The largest absolute Gasteiger partial charge is 0.325 e. The Morgan fingerprint density at radius 1 is 1.45 bits per heavy atom. The molecule has 0 aromatic rings. The third-order valence-electron chi connectivity index (χ3n) is 1.18. The Hall–Kier alpha value is 0.150. The number of rotatable bonds is 4. The van der Waals surface area contributed by atoms with Crippen LogP contribution in [0.25, 0.3) is 0 Å². The summed E-state index contributed by atoms with van der Waals surface area (Å²) in [5, 5.41) is 0. The van der Waals surface area contributed by atoms with Crippen molar-refractivity contribution in [2.45, 2.75) is 33.3 Å². The summed E-state index contributed by atoms with van der Waals surface area (Å²) < 4.78 is 15.6. The van der Waals surface area contributed by atoms with E-state index in [1.165, 1.54) is 6.66 Å². The maximum absolute atomic E-state index is 10.7. The van der Waals surface area contributed by atoms with Gasteiger partial charge in [0.25, 0.3) is 0 Å². The molecule has 68 valence electrons. The Morgan fingerprint density at radius 2 is 1.91 bits per heavy atom. The van der Waals surface area contributed by atoms with Gasteiger partial charge in [0, 0.05) is 6.66 Å². The van der Waals surface area contributed by atoms with Gasteiger partial charge in [-0.3, -0.25) is 4.57 Å². The van der Waals surface area contributed by atoms with E-state index in [0.717, 1.165) is 6.42 Å². The molecule has 2 unspecified atom stereocenters. The smallest absolute Gasteiger partial charge is 0.324 e. The van der Waals surface area contributed by atoms with E-state index in [1.54, 1.807) is 0 Å². The van der Waals surface area contributed by atoms with E-state index in [-0.39, 0.29) is 6.10 Å². The quantitative estimate of drug-likeness (QED) is 0.675. The first-order chi connectivity index (χ1) is 4.81. The third kappa shape index (κ3) is 8.05. The minimum atomic E-state index is -3.28. The molecule has 0 spiro atoms. The van der Waals surface area contributed by atoms with Crippen LogP contribution in [0.4, 0.5) is 0 Å². The molecule has 1 N–H and O–H groups in total. The summed E-state index contributed by atoms with van der Waals surface area (Å²) in [6.07, 6.45) is 0.689. The van der Waals surface area contributed by atoms with Crippen LogP contribution in [0, 0.1) is 5.92 Å². The molecule has 0 fully saturated rings. The van der Waals surface area contributed by atoms with Gasteiger partial charge in [0.2, 0.25) is 0 Å². The molecule has 2 atom stereocenters. The first-order valence-electron chi connectivity index (χ1n) is 3.80. The third-order valence-corrected chi connectivity index (χ3v) is 1.93. The highest BCUT2D eigenvalue weighted by Gasteiger charge is 2.15. The second-order valence-corrected chi connectivity index (χ2v) is 5.17. The van der Waals surface area contributed by atoms with Crippen LogP contribution in [0.15, 0.2) is 0 Å². The predicted octanol–water partition coefficient (Wildman–Crippen LogP) is 2.25. The molecule has 0 saturated carbocycles. The molecule has 0 amide bonds. The lowest BCUT2D eigenvalue weighted by Gasteiger charge is -2.16. The van der Waals surface area contributed by atoms with Gasteiger partial charge in [0.05, 0.1) is 6.10 Å². The molecule has 0 rings (SSSR count). The zero-order valence-corrected chi connectivity index (χ0v) is 8.47. The normalized spacial score (nSPS) is 19.8. The molecule has 0 aromatic heterocycles. The van der Waals surface area contributed by atoms with E-state index in [0.29, 0.717) is 5.92 Å². The molecular formula is C7H17O3P. The van der Waals surface area contributed by atoms with Crippen molar-refractivity contribution in [3.63, 3.8) is 0 Å². The van der Waals surface area contributed by atoms with Crippen molar-refractivity contribution in [3.05, 3.63) is 0 Å². The molecule has 0 bridgehead atoms. The summed E-state index contributed by atoms with van der Waals surface area (Å²) in [6.45, 7) is 7.13. The fourth-order valence-corrected chi connectivity index (χ4v) is 1.79. The summed E-state index contributed by atoms with van der Waals surface area (Å²) in [5.41, 5.74) is 0. The molecule has 3 nitrogen and oxygen atoms in total. The summed E-state index contributed by atoms with van der Waals surface area (Å²) in [6, 6.07) is 0. The highest BCUT2D eigenvalue weighted by molar-refractivity contribution is 7.51. The van der Waals surface area contributed by atoms with Crippen LogP contribution in [-0.2, 0) is 9.09 Å². The van der Waals surface area contributed by atoms with Gasteiger partial charge in [-0.2, -0.15) is 0 Å².